The molecule has 0 saturated carbocycles. The summed E-state index contributed by atoms with van der Waals surface area (Å²) in [5.41, 5.74) is 0.0654. The second-order valence-electron chi connectivity index (χ2n) is 5.18. The molecule has 1 amide bonds. The van der Waals surface area contributed by atoms with Gasteiger partial charge in [0.05, 0.1) is 18.0 Å². The van der Waals surface area contributed by atoms with Crippen LogP contribution in [-0.2, 0) is 17.4 Å². The van der Waals surface area contributed by atoms with Gasteiger partial charge in [0.25, 0.3) is 0 Å². The smallest absolute Gasteiger partial charge is 0.349 e. The summed E-state index contributed by atoms with van der Waals surface area (Å²) in [5.74, 6) is -0.868. The van der Waals surface area contributed by atoms with Crippen molar-refractivity contribution in [3.8, 4) is 0 Å². The Morgan fingerprint density at radius 3 is 2.26 bits per heavy atom. The molecule has 23 heavy (non-hydrogen) atoms. The maximum Gasteiger partial charge on any atom is 0.416 e. The molecule has 0 heterocycles. The van der Waals surface area contributed by atoms with Crippen molar-refractivity contribution in [3.63, 3.8) is 0 Å². The number of hydrogen-bond donors (Lipinski definition) is 1. The van der Waals surface area contributed by atoms with Crippen LogP contribution in [0.4, 0.5) is 17.6 Å². The Morgan fingerprint density at radius 1 is 1.09 bits per heavy atom. The number of alkyl halides is 3. The summed E-state index contributed by atoms with van der Waals surface area (Å²) in [6.45, 7) is 1.65. The number of amides is 1. The molecular formula is C17H15F4NO. The van der Waals surface area contributed by atoms with Crippen molar-refractivity contribution in [1.82, 2.24) is 5.32 Å². The fourth-order valence-corrected chi connectivity index (χ4v) is 2.15. The van der Waals surface area contributed by atoms with Crippen LogP contribution in [0, 0.1) is 5.82 Å². The highest BCUT2D eigenvalue weighted by Gasteiger charge is 2.30. The maximum atomic E-state index is 13.5. The van der Waals surface area contributed by atoms with Crippen LogP contribution in [0.5, 0.6) is 0 Å². The summed E-state index contributed by atoms with van der Waals surface area (Å²) < 4.78 is 51.0. The molecule has 0 aliphatic rings. The summed E-state index contributed by atoms with van der Waals surface area (Å²) in [6.07, 6.45) is -4.52. The second kappa shape index (κ2) is 6.81. The molecule has 0 saturated heterocycles. The summed E-state index contributed by atoms with van der Waals surface area (Å²) in [5, 5.41) is 2.64. The lowest BCUT2D eigenvalue weighted by molar-refractivity contribution is -0.137. The quantitative estimate of drug-likeness (QED) is 0.836. The summed E-state index contributed by atoms with van der Waals surface area (Å²) in [4.78, 5) is 11.9. The Morgan fingerprint density at radius 2 is 1.70 bits per heavy atom. The Hall–Kier alpha value is -2.37. The lowest BCUT2D eigenvalue weighted by Crippen LogP contribution is -2.28. The monoisotopic (exact) mass is 325 g/mol. The molecule has 0 aliphatic carbocycles. The molecule has 2 nitrogen and oxygen atoms in total. The standard InChI is InChI=1S/C17H15F4NO/c1-11(12-6-8-14(9-7-12)17(19,20)21)22-16(23)10-13-4-2-3-5-15(13)18/h2-9,11H,10H2,1H3,(H,22,23). The van der Waals surface area contributed by atoms with Crippen molar-refractivity contribution < 1.29 is 22.4 Å². The van der Waals surface area contributed by atoms with Crippen LogP contribution in [0.1, 0.15) is 29.7 Å². The van der Waals surface area contributed by atoms with E-state index in [9.17, 15) is 22.4 Å². The van der Waals surface area contributed by atoms with Gasteiger partial charge in [0.2, 0.25) is 5.91 Å². The SMILES string of the molecule is CC(NC(=O)Cc1ccccc1F)c1ccc(C(F)(F)F)cc1. The number of rotatable bonds is 4. The number of carbonyl (C=O) groups is 1. The van der Waals surface area contributed by atoms with Crippen molar-refractivity contribution in [2.24, 2.45) is 0 Å². The van der Waals surface area contributed by atoms with Crippen LogP contribution in [0.3, 0.4) is 0 Å². The fourth-order valence-electron chi connectivity index (χ4n) is 2.15. The van der Waals surface area contributed by atoms with E-state index in [1.165, 1.54) is 30.3 Å². The summed E-state index contributed by atoms with van der Waals surface area (Å²) in [7, 11) is 0. The Bertz CT molecular complexity index is 680. The van der Waals surface area contributed by atoms with E-state index < -0.39 is 29.5 Å². The van der Waals surface area contributed by atoms with Crippen molar-refractivity contribution in [1.29, 1.82) is 0 Å². The van der Waals surface area contributed by atoms with Gasteiger partial charge in [-0.25, -0.2) is 4.39 Å². The molecular weight excluding hydrogens is 310 g/mol. The van der Waals surface area contributed by atoms with Gasteiger partial charge in [-0.05, 0) is 36.2 Å². The van der Waals surface area contributed by atoms with E-state index in [0.29, 0.717) is 5.56 Å². The van der Waals surface area contributed by atoms with Crippen LogP contribution in [0.15, 0.2) is 48.5 Å². The average Bonchev–Trinajstić information content (AvgIpc) is 2.49. The van der Waals surface area contributed by atoms with Gasteiger partial charge in [0.15, 0.2) is 0 Å². The zero-order valence-corrected chi connectivity index (χ0v) is 12.3. The number of carbonyl (C=O) groups excluding carboxylic acids is 1. The first-order chi connectivity index (χ1) is 10.8. The first-order valence-corrected chi connectivity index (χ1v) is 6.97. The van der Waals surface area contributed by atoms with Crippen LogP contribution in [0.25, 0.3) is 0 Å². The van der Waals surface area contributed by atoms with Gasteiger partial charge in [-0.2, -0.15) is 13.2 Å². The molecule has 1 atom stereocenters. The first-order valence-electron chi connectivity index (χ1n) is 6.97. The first kappa shape index (κ1) is 17.0. The van der Waals surface area contributed by atoms with E-state index >= 15 is 0 Å². The molecule has 122 valence electrons. The third-order valence-electron chi connectivity index (χ3n) is 3.42. The van der Waals surface area contributed by atoms with E-state index in [0.717, 1.165) is 12.1 Å². The van der Waals surface area contributed by atoms with Gasteiger partial charge in [0, 0.05) is 0 Å². The predicted octanol–water partition coefficient (Wildman–Crippen LogP) is 4.26. The Kier molecular flexibility index (Phi) is 5.03. The lowest BCUT2D eigenvalue weighted by Gasteiger charge is -2.15. The van der Waals surface area contributed by atoms with Gasteiger partial charge in [-0.1, -0.05) is 30.3 Å². The number of nitrogens with one attached hydrogen (secondary N) is 1. The zero-order valence-electron chi connectivity index (χ0n) is 12.3. The van der Waals surface area contributed by atoms with Crippen molar-refractivity contribution in [2.45, 2.75) is 25.6 Å². The number of halogens is 4. The predicted molar refractivity (Wildman–Crippen MR) is 78.1 cm³/mol. The minimum atomic E-state index is -4.39. The van der Waals surface area contributed by atoms with Crippen molar-refractivity contribution in [2.75, 3.05) is 0 Å². The van der Waals surface area contributed by atoms with Gasteiger partial charge in [0.1, 0.15) is 5.82 Å². The second-order valence-corrected chi connectivity index (χ2v) is 5.18. The summed E-state index contributed by atoms with van der Waals surface area (Å²) in [6, 6.07) is 10.0. The average molecular weight is 325 g/mol. The van der Waals surface area contributed by atoms with Crippen LogP contribution >= 0.6 is 0 Å². The molecule has 0 fully saturated rings. The van der Waals surface area contributed by atoms with E-state index in [2.05, 4.69) is 5.32 Å². The maximum absolute atomic E-state index is 13.5. The largest absolute Gasteiger partial charge is 0.416 e. The normalized spacial score (nSPS) is 12.7. The molecule has 2 rings (SSSR count). The molecule has 0 radical (unpaired) electrons. The molecule has 0 aromatic heterocycles. The van der Waals surface area contributed by atoms with Crippen molar-refractivity contribution >= 4 is 5.91 Å². The topological polar surface area (TPSA) is 29.1 Å². The Balaban J connectivity index is 2.00. The van der Waals surface area contributed by atoms with E-state index in [1.54, 1.807) is 13.0 Å². The minimum absolute atomic E-state index is 0.127. The molecule has 2 aromatic carbocycles. The third kappa shape index (κ3) is 4.55. The molecule has 1 N–H and O–H groups in total. The van der Waals surface area contributed by atoms with E-state index in [-0.39, 0.29) is 12.0 Å². The highest BCUT2D eigenvalue weighted by molar-refractivity contribution is 5.79. The molecule has 0 aliphatic heterocycles. The van der Waals surface area contributed by atoms with Crippen LogP contribution in [-0.4, -0.2) is 5.91 Å². The fraction of sp³-hybridized carbons (Fsp3) is 0.235. The number of hydrogen-bond acceptors (Lipinski definition) is 1. The van der Waals surface area contributed by atoms with Crippen molar-refractivity contribution in [3.05, 3.63) is 71.0 Å². The summed E-state index contributed by atoms with van der Waals surface area (Å²) >= 11 is 0. The molecule has 6 heteroatoms. The molecule has 1 unspecified atom stereocenters. The van der Waals surface area contributed by atoms with Gasteiger partial charge in [-0.15, -0.1) is 0 Å². The highest BCUT2D eigenvalue weighted by Crippen LogP contribution is 2.29. The van der Waals surface area contributed by atoms with E-state index in [4.69, 9.17) is 0 Å². The number of benzene rings is 2. The third-order valence-corrected chi connectivity index (χ3v) is 3.42. The van der Waals surface area contributed by atoms with Gasteiger partial charge in [-0.3, -0.25) is 4.79 Å². The van der Waals surface area contributed by atoms with Crippen LogP contribution < -0.4 is 5.32 Å². The van der Waals surface area contributed by atoms with Gasteiger partial charge < -0.3 is 5.32 Å². The Labute approximate surface area is 131 Å². The van der Waals surface area contributed by atoms with Gasteiger partial charge >= 0.3 is 6.18 Å². The molecule has 2 aromatic rings. The zero-order chi connectivity index (χ0) is 17.0. The van der Waals surface area contributed by atoms with E-state index in [1.807, 2.05) is 0 Å². The molecule has 0 bridgehead atoms. The lowest BCUT2D eigenvalue weighted by atomic mass is 10.1. The molecule has 0 spiro atoms. The highest BCUT2D eigenvalue weighted by atomic mass is 19.4. The minimum Gasteiger partial charge on any atom is -0.349 e. The van der Waals surface area contributed by atoms with Crippen LogP contribution in [0.2, 0.25) is 0 Å².